The van der Waals surface area contributed by atoms with Crippen molar-refractivity contribution in [3.05, 3.63) is 29.8 Å². The average Bonchev–Trinajstić information content (AvgIpc) is 2.20. The molecule has 2 amide bonds. The average molecular weight is 226 g/mol. The Morgan fingerprint density at radius 1 is 1.06 bits per heavy atom. The van der Waals surface area contributed by atoms with Crippen molar-refractivity contribution in [2.24, 2.45) is 0 Å². The zero-order valence-corrected chi connectivity index (χ0v) is 8.17. The Labute approximate surface area is 89.8 Å². The topological polar surface area (TPSA) is 49.4 Å². The number of amides is 2. The lowest BCUT2D eigenvalue weighted by Gasteiger charge is -2.27. The molecule has 16 heavy (non-hydrogen) atoms. The summed E-state index contributed by atoms with van der Waals surface area (Å²) in [5.41, 5.74) is 0.308. The summed E-state index contributed by atoms with van der Waals surface area (Å²) in [6, 6.07) is 3.24. The smallest absolute Gasteiger partial charge is 0.246 e. The Morgan fingerprint density at radius 2 is 1.69 bits per heavy atom. The number of piperazine rings is 1. The molecule has 0 unspecified atom stereocenters. The SMILES string of the molecule is O=C1CN(c2ccc(F)c(F)c2)CC(=O)N1. The molecule has 1 saturated heterocycles. The summed E-state index contributed by atoms with van der Waals surface area (Å²) in [5.74, 6) is -2.88. The van der Waals surface area contributed by atoms with E-state index in [0.717, 1.165) is 12.1 Å². The molecule has 0 aromatic heterocycles. The number of hydrogen-bond acceptors (Lipinski definition) is 3. The fraction of sp³-hybridized carbons (Fsp3) is 0.200. The van der Waals surface area contributed by atoms with Gasteiger partial charge in [-0.05, 0) is 12.1 Å². The molecular weight excluding hydrogens is 218 g/mol. The van der Waals surface area contributed by atoms with E-state index in [9.17, 15) is 18.4 Å². The van der Waals surface area contributed by atoms with Crippen LogP contribution in [0.3, 0.4) is 0 Å². The molecule has 84 valence electrons. The summed E-state index contributed by atoms with van der Waals surface area (Å²) >= 11 is 0. The van der Waals surface area contributed by atoms with Gasteiger partial charge in [-0.25, -0.2) is 8.78 Å². The van der Waals surface area contributed by atoms with Crippen LogP contribution < -0.4 is 10.2 Å². The predicted molar refractivity (Wildman–Crippen MR) is 51.7 cm³/mol. The summed E-state index contributed by atoms with van der Waals surface area (Å²) in [6.45, 7) is -0.0897. The number of nitrogens with zero attached hydrogens (tertiary/aromatic N) is 1. The normalized spacial score (nSPS) is 16.2. The molecule has 4 nitrogen and oxygen atoms in total. The molecule has 0 bridgehead atoms. The standard InChI is InChI=1S/C10H8F2N2O2/c11-7-2-1-6(3-8(7)12)14-4-9(15)13-10(16)5-14/h1-3H,4-5H2,(H,13,15,16). The first-order valence-electron chi connectivity index (χ1n) is 4.59. The van der Waals surface area contributed by atoms with E-state index in [1.165, 1.54) is 11.0 Å². The van der Waals surface area contributed by atoms with Gasteiger partial charge in [-0.2, -0.15) is 0 Å². The van der Waals surface area contributed by atoms with Gasteiger partial charge in [0.15, 0.2) is 11.6 Å². The molecule has 6 heteroatoms. The van der Waals surface area contributed by atoms with Crippen molar-refractivity contribution < 1.29 is 18.4 Å². The largest absolute Gasteiger partial charge is 0.353 e. The number of nitrogens with one attached hydrogen (secondary N) is 1. The summed E-state index contributed by atoms with van der Waals surface area (Å²) in [7, 11) is 0. The van der Waals surface area contributed by atoms with Crippen LogP contribution in [0.15, 0.2) is 18.2 Å². The fourth-order valence-electron chi connectivity index (χ4n) is 1.50. The van der Waals surface area contributed by atoms with Crippen molar-refractivity contribution in [1.29, 1.82) is 0 Å². The van der Waals surface area contributed by atoms with Crippen molar-refractivity contribution in [3.63, 3.8) is 0 Å². The molecule has 0 atom stereocenters. The lowest BCUT2D eigenvalue weighted by atomic mass is 10.2. The first kappa shape index (κ1) is 10.5. The second kappa shape index (κ2) is 3.88. The van der Waals surface area contributed by atoms with Gasteiger partial charge in [-0.3, -0.25) is 14.9 Å². The van der Waals surface area contributed by atoms with Crippen molar-refractivity contribution in [2.45, 2.75) is 0 Å². The highest BCUT2D eigenvalue weighted by atomic mass is 19.2. The van der Waals surface area contributed by atoms with Crippen LogP contribution in [0.4, 0.5) is 14.5 Å². The number of carbonyl (C=O) groups excluding carboxylic acids is 2. The second-order valence-electron chi connectivity index (χ2n) is 3.43. The van der Waals surface area contributed by atoms with Gasteiger partial charge in [-0.1, -0.05) is 0 Å². The van der Waals surface area contributed by atoms with E-state index < -0.39 is 23.4 Å². The van der Waals surface area contributed by atoms with Crippen molar-refractivity contribution in [2.75, 3.05) is 18.0 Å². The molecule has 1 fully saturated rings. The minimum atomic E-state index is -1.00. The number of carbonyl (C=O) groups is 2. The molecule has 0 radical (unpaired) electrons. The van der Waals surface area contributed by atoms with Crippen LogP contribution in [0.25, 0.3) is 0 Å². The predicted octanol–water partition coefficient (Wildman–Crippen LogP) is 0.428. The highest BCUT2D eigenvalue weighted by Gasteiger charge is 2.23. The Balaban J connectivity index is 2.26. The monoisotopic (exact) mass is 226 g/mol. The molecule has 2 rings (SSSR count). The van der Waals surface area contributed by atoms with Gasteiger partial charge >= 0.3 is 0 Å². The minimum absolute atomic E-state index is 0.0448. The quantitative estimate of drug-likeness (QED) is 0.706. The number of hydrogen-bond donors (Lipinski definition) is 1. The highest BCUT2D eigenvalue weighted by Crippen LogP contribution is 2.18. The summed E-state index contributed by atoms with van der Waals surface area (Å²) in [5, 5.41) is 2.12. The minimum Gasteiger partial charge on any atom is -0.353 e. The maximum absolute atomic E-state index is 12.9. The summed E-state index contributed by atoms with van der Waals surface area (Å²) in [4.78, 5) is 23.5. The van der Waals surface area contributed by atoms with Gasteiger partial charge in [0.25, 0.3) is 0 Å². The van der Waals surface area contributed by atoms with Gasteiger partial charge in [0.05, 0.1) is 13.1 Å². The van der Waals surface area contributed by atoms with Crippen LogP contribution in [0.2, 0.25) is 0 Å². The number of halogens is 2. The maximum atomic E-state index is 12.9. The van der Waals surface area contributed by atoms with E-state index in [0.29, 0.717) is 5.69 Å². The lowest BCUT2D eigenvalue weighted by Crippen LogP contribution is -2.51. The van der Waals surface area contributed by atoms with E-state index in [4.69, 9.17) is 0 Å². The fourth-order valence-corrected chi connectivity index (χ4v) is 1.50. The molecule has 1 N–H and O–H groups in total. The van der Waals surface area contributed by atoms with Crippen molar-refractivity contribution in [1.82, 2.24) is 5.32 Å². The zero-order valence-electron chi connectivity index (χ0n) is 8.17. The highest BCUT2D eigenvalue weighted by molar-refractivity contribution is 6.02. The Kier molecular flexibility index (Phi) is 2.55. The molecule has 0 saturated carbocycles. The van der Waals surface area contributed by atoms with Crippen LogP contribution in [0, 0.1) is 11.6 Å². The summed E-state index contributed by atoms with van der Waals surface area (Å²) < 4.78 is 25.6. The van der Waals surface area contributed by atoms with Crippen LogP contribution in [0.5, 0.6) is 0 Å². The number of anilines is 1. The Bertz CT molecular complexity index is 446. The van der Waals surface area contributed by atoms with E-state index in [2.05, 4.69) is 5.32 Å². The maximum Gasteiger partial charge on any atom is 0.246 e. The number of imide groups is 1. The third kappa shape index (κ3) is 2.00. The van der Waals surface area contributed by atoms with Gasteiger partial charge < -0.3 is 4.90 Å². The molecule has 1 aromatic rings. The van der Waals surface area contributed by atoms with Crippen molar-refractivity contribution in [3.8, 4) is 0 Å². The van der Waals surface area contributed by atoms with Gasteiger partial charge in [0, 0.05) is 11.8 Å². The molecular formula is C10H8F2N2O2. The first-order chi connectivity index (χ1) is 7.56. The third-order valence-electron chi connectivity index (χ3n) is 2.22. The van der Waals surface area contributed by atoms with Crippen LogP contribution in [0.1, 0.15) is 0 Å². The van der Waals surface area contributed by atoms with Crippen molar-refractivity contribution >= 4 is 17.5 Å². The van der Waals surface area contributed by atoms with Crippen LogP contribution in [-0.2, 0) is 9.59 Å². The zero-order chi connectivity index (χ0) is 11.7. The number of benzene rings is 1. The molecule has 1 aliphatic heterocycles. The number of rotatable bonds is 1. The van der Waals surface area contributed by atoms with E-state index in [-0.39, 0.29) is 13.1 Å². The van der Waals surface area contributed by atoms with Crippen LogP contribution >= 0.6 is 0 Å². The lowest BCUT2D eigenvalue weighted by molar-refractivity contribution is -0.130. The van der Waals surface area contributed by atoms with Crippen LogP contribution in [-0.4, -0.2) is 24.9 Å². The van der Waals surface area contributed by atoms with E-state index >= 15 is 0 Å². The van der Waals surface area contributed by atoms with E-state index in [1.54, 1.807) is 0 Å². The molecule has 0 aliphatic carbocycles. The first-order valence-corrected chi connectivity index (χ1v) is 4.59. The molecule has 1 aliphatic rings. The van der Waals surface area contributed by atoms with Gasteiger partial charge in [0.2, 0.25) is 11.8 Å². The molecule has 1 heterocycles. The van der Waals surface area contributed by atoms with Gasteiger partial charge in [-0.15, -0.1) is 0 Å². The molecule has 0 spiro atoms. The Morgan fingerprint density at radius 3 is 2.25 bits per heavy atom. The summed E-state index contributed by atoms with van der Waals surface area (Å²) in [6.07, 6.45) is 0. The van der Waals surface area contributed by atoms with Gasteiger partial charge in [0.1, 0.15) is 0 Å². The second-order valence-corrected chi connectivity index (χ2v) is 3.43. The molecule has 1 aromatic carbocycles. The third-order valence-corrected chi connectivity index (χ3v) is 2.22. The van der Waals surface area contributed by atoms with E-state index in [1.807, 2.05) is 0 Å². The Hall–Kier alpha value is -1.98.